The van der Waals surface area contributed by atoms with Crippen molar-refractivity contribution >= 4 is 0 Å². The van der Waals surface area contributed by atoms with Crippen molar-refractivity contribution in [2.24, 2.45) is 0 Å². The average molecular weight is 356 g/mol. The number of aliphatic hydroxyl groups excluding tert-OH is 1. The van der Waals surface area contributed by atoms with E-state index < -0.39 is 0 Å². The van der Waals surface area contributed by atoms with Crippen molar-refractivity contribution in [1.29, 1.82) is 0 Å². The molecule has 1 aromatic carbocycles. The lowest BCUT2D eigenvalue weighted by Crippen LogP contribution is -2.20. The Labute approximate surface area is 155 Å². The fourth-order valence-corrected chi connectivity index (χ4v) is 3.50. The normalized spacial score (nSPS) is 14.5. The van der Waals surface area contributed by atoms with E-state index in [4.69, 9.17) is 4.98 Å². The average Bonchev–Trinajstić information content (AvgIpc) is 3.43. The second-order valence-electron chi connectivity index (χ2n) is 7.84. The summed E-state index contributed by atoms with van der Waals surface area (Å²) < 4.78 is 13.5. The van der Waals surface area contributed by atoms with Crippen LogP contribution in [0.4, 0.5) is 4.39 Å². The molecule has 140 valence electrons. The van der Waals surface area contributed by atoms with Gasteiger partial charge in [-0.3, -0.25) is 4.98 Å². The van der Waals surface area contributed by atoms with Crippen LogP contribution < -0.4 is 5.32 Å². The minimum atomic E-state index is -0.251. The van der Waals surface area contributed by atoms with Gasteiger partial charge in [0.1, 0.15) is 5.82 Å². The van der Waals surface area contributed by atoms with Crippen LogP contribution in [0.25, 0.3) is 11.1 Å². The van der Waals surface area contributed by atoms with Crippen molar-refractivity contribution in [3.8, 4) is 11.1 Å². The van der Waals surface area contributed by atoms with E-state index in [2.05, 4.69) is 33.0 Å². The highest BCUT2D eigenvalue weighted by atomic mass is 19.1. The van der Waals surface area contributed by atoms with Gasteiger partial charge in [0.25, 0.3) is 0 Å². The van der Waals surface area contributed by atoms with Gasteiger partial charge in [-0.1, -0.05) is 39.8 Å². The van der Waals surface area contributed by atoms with Crippen LogP contribution in [0.15, 0.2) is 24.3 Å². The third kappa shape index (κ3) is 3.97. The van der Waals surface area contributed by atoms with Crippen molar-refractivity contribution in [1.82, 2.24) is 10.3 Å². The van der Waals surface area contributed by atoms with E-state index in [1.165, 1.54) is 25.0 Å². The van der Waals surface area contributed by atoms with Crippen LogP contribution >= 0.6 is 0 Å². The van der Waals surface area contributed by atoms with E-state index in [-0.39, 0.29) is 24.3 Å². The fourth-order valence-electron chi connectivity index (χ4n) is 3.50. The Morgan fingerprint density at radius 3 is 2.12 bits per heavy atom. The molecule has 0 spiro atoms. The molecule has 1 aromatic heterocycles. The maximum Gasteiger partial charge on any atom is 0.123 e. The van der Waals surface area contributed by atoms with Gasteiger partial charge in [0.15, 0.2) is 0 Å². The monoisotopic (exact) mass is 356 g/mol. The van der Waals surface area contributed by atoms with E-state index in [0.717, 1.165) is 40.2 Å². The number of aliphatic hydroxyl groups is 1. The topological polar surface area (TPSA) is 45.2 Å². The summed E-state index contributed by atoms with van der Waals surface area (Å²) in [7, 11) is 0. The number of nitrogens with one attached hydrogen (secondary N) is 1. The predicted octanol–water partition coefficient (Wildman–Crippen LogP) is 4.88. The van der Waals surface area contributed by atoms with Crippen LogP contribution in [0, 0.1) is 5.82 Å². The van der Waals surface area contributed by atoms with Crippen molar-refractivity contribution in [3.05, 3.63) is 52.6 Å². The SMILES string of the molecule is CC(C)c1nc(C(C)C)c(CNC2CC2)c(-c2ccc(F)cc2)c1CO. The van der Waals surface area contributed by atoms with Crippen LogP contribution in [-0.2, 0) is 13.2 Å². The van der Waals surface area contributed by atoms with E-state index in [1.807, 2.05) is 0 Å². The van der Waals surface area contributed by atoms with E-state index >= 15 is 0 Å². The molecule has 3 nitrogen and oxygen atoms in total. The minimum Gasteiger partial charge on any atom is -0.392 e. The number of hydrogen-bond donors (Lipinski definition) is 2. The summed E-state index contributed by atoms with van der Waals surface area (Å²) in [5.74, 6) is 0.230. The lowest BCUT2D eigenvalue weighted by molar-refractivity contribution is 0.279. The summed E-state index contributed by atoms with van der Waals surface area (Å²) in [6.45, 7) is 9.16. The highest BCUT2D eigenvalue weighted by molar-refractivity contribution is 5.73. The highest BCUT2D eigenvalue weighted by Gasteiger charge is 2.26. The molecule has 0 bridgehead atoms. The van der Waals surface area contributed by atoms with Gasteiger partial charge in [0, 0.05) is 29.5 Å². The summed E-state index contributed by atoms with van der Waals surface area (Å²) in [6.07, 6.45) is 2.43. The first-order valence-corrected chi connectivity index (χ1v) is 9.58. The van der Waals surface area contributed by atoms with Gasteiger partial charge in [0.2, 0.25) is 0 Å². The van der Waals surface area contributed by atoms with Gasteiger partial charge in [-0.25, -0.2) is 4.39 Å². The van der Waals surface area contributed by atoms with Gasteiger partial charge in [-0.05, 0) is 53.5 Å². The Hall–Kier alpha value is -1.78. The van der Waals surface area contributed by atoms with Crippen molar-refractivity contribution in [2.45, 2.75) is 71.6 Å². The molecule has 4 heteroatoms. The van der Waals surface area contributed by atoms with Gasteiger partial charge in [-0.15, -0.1) is 0 Å². The Kier molecular flexibility index (Phi) is 5.73. The number of benzene rings is 1. The minimum absolute atomic E-state index is 0.0674. The maximum atomic E-state index is 13.5. The number of hydrogen-bond acceptors (Lipinski definition) is 3. The molecule has 0 atom stereocenters. The van der Waals surface area contributed by atoms with Crippen LogP contribution in [0.2, 0.25) is 0 Å². The standard InChI is InChI=1S/C22H29FN2O/c1-13(2)21-18(11-24-17-9-10-17)20(15-5-7-16(23)8-6-15)19(12-26)22(25-21)14(3)4/h5-8,13-14,17,24,26H,9-12H2,1-4H3. The third-order valence-corrected chi connectivity index (χ3v) is 4.99. The van der Waals surface area contributed by atoms with Crippen molar-refractivity contribution in [2.75, 3.05) is 0 Å². The van der Waals surface area contributed by atoms with Crippen LogP contribution in [0.3, 0.4) is 0 Å². The second kappa shape index (κ2) is 7.85. The number of pyridine rings is 1. The predicted molar refractivity (Wildman–Crippen MR) is 104 cm³/mol. The molecule has 26 heavy (non-hydrogen) atoms. The summed E-state index contributed by atoms with van der Waals surface area (Å²) in [4.78, 5) is 4.97. The number of rotatable bonds is 7. The van der Waals surface area contributed by atoms with Gasteiger partial charge >= 0.3 is 0 Å². The highest BCUT2D eigenvalue weighted by Crippen LogP contribution is 2.37. The van der Waals surface area contributed by atoms with Crippen LogP contribution in [-0.4, -0.2) is 16.1 Å². The fraction of sp³-hybridized carbons (Fsp3) is 0.500. The molecule has 2 N–H and O–H groups in total. The largest absolute Gasteiger partial charge is 0.392 e. The molecule has 1 heterocycles. The summed E-state index contributed by atoms with van der Waals surface area (Å²) >= 11 is 0. The van der Waals surface area contributed by atoms with E-state index in [1.54, 1.807) is 12.1 Å². The zero-order valence-electron chi connectivity index (χ0n) is 16.1. The molecule has 1 aliphatic carbocycles. The number of halogens is 1. The molecule has 2 aromatic rings. The molecule has 3 rings (SSSR count). The molecule has 0 amide bonds. The van der Waals surface area contributed by atoms with Gasteiger partial charge in [0.05, 0.1) is 6.61 Å². The third-order valence-electron chi connectivity index (χ3n) is 4.99. The lowest BCUT2D eigenvalue weighted by atomic mass is 9.87. The summed E-state index contributed by atoms with van der Waals surface area (Å²) in [5, 5.41) is 13.8. The molecule has 0 unspecified atom stereocenters. The first-order valence-electron chi connectivity index (χ1n) is 9.58. The number of aromatic nitrogens is 1. The van der Waals surface area contributed by atoms with Gasteiger partial charge < -0.3 is 10.4 Å². The Morgan fingerprint density at radius 2 is 1.62 bits per heavy atom. The van der Waals surface area contributed by atoms with Crippen LogP contribution in [0.1, 0.15) is 74.9 Å². The van der Waals surface area contributed by atoms with Crippen molar-refractivity contribution in [3.63, 3.8) is 0 Å². The molecule has 0 saturated heterocycles. The molecular weight excluding hydrogens is 327 g/mol. The molecule has 1 aliphatic rings. The van der Waals surface area contributed by atoms with Gasteiger partial charge in [-0.2, -0.15) is 0 Å². The Morgan fingerprint density at radius 1 is 1.04 bits per heavy atom. The van der Waals surface area contributed by atoms with E-state index in [9.17, 15) is 9.50 Å². The Balaban J connectivity index is 2.24. The van der Waals surface area contributed by atoms with Crippen LogP contribution in [0.5, 0.6) is 0 Å². The van der Waals surface area contributed by atoms with E-state index in [0.29, 0.717) is 6.04 Å². The summed E-state index contributed by atoms with van der Waals surface area (Å²) in [5.41, 5.74) is 5.96. The quantitative estimate of drug-likeness (QED) is 0.743. The maximum absolute atomic E-state index is 13.5. The Bertz CT molecular complexity index is 765. The first kappa shape index (κ1) is 19.0. The first-order chi connectivity index (χ1) is 12.4. The molecule has 1 fully saturated rings. The summed E-state index contributed by atoms with van der Waals surface area (Å²) in [6, 6.07) is 7.16. The smallest absolute Gasteiger partial charge is 0.123 e. The molecule has 1 saturated carbocycles. The number of nitrogens with zero attached hydrogens (tertiary/aromatic N) is 1. The zero-order chi connectivity index (χ0) is 18.8. The molecule has 0 aliphatic heterocycles. The van der Waals surface area contributed by atoms with Crippen molar-refractivity contribution < 1.29 is 9.50 Å². The zero-order valence-corrected chi connectivity index (χ0v) is 16.1. The molecular formula is C22H29FN2O. The lowest BCUT2D eigenvalue weighted by Gasteiger charge is -2.24. The second-order valence-corrected chi connectivity index (χ2v) is 7.84. The molecule has 0 radical (unpaired) electrons.